The lowest BCUT2D eigenvalue weighted by atomic mass is 10.0. The van der Waals surface area contributed by atoms with Gasteiger partial charge in [0.2, 0.25) is 14.0 Å². The van der Waals surface area contributed by atoms with Crippen molar-refractivity contribution >= 4 is 25.4 Å². The van der Waals surface area contributed by atoms with Crippen LogP contribution in [0.4, 0.5) is 0 Å². The Labute approximate surface area is 124 Å². The second-order valence-electron chi connectivity index (χ2n) is 5.02. The minimum atomic E-state index is -2.61. The Bertz CT molecular complexity index is 569. The van der Waals surface area contributed by atoms with Gasteiger partial charge in [0.1, 0.15) is 0 Å². The number of rotatable bonds is 2. The van der Waals surface area contributed by atoms with Crippen LogP contribution >= 0.6 is 17.8 Å². The van der Waals surface area contributed by atoms with E-state index in [9.17, 15) is 4.57 Å². The van der Waals surface area contributed by atoms with Crippen LogP contribution < -0.4 is 0 Å². The predicted molar refractivity (Wildman–Crippen MR) is 87.8 cm³/mol. The zero-order chi connectivity index (χ0) is 14.0. The second-order valence-corrected chi connectivity index (χ2v) is 10.2. The van der Waals surface area contributed by atoms with Gasteiger partial charge >= 0.3 is 0 Å². The van der Waals surface area contributed by atoms with Gasteiger partial charge < -0.3 is 4.52 Å². The summed E-state index contributed by atoms with van der Waals surface area (Å²) >= 11 is 1.47. The molecule has 3 atom stereocenters. The number of benzene rings is 2. The Balaban J connectivity index is 1.89. The van der Waals surface area contributed by atoms with E-state index in [0.717, 1.165) is 12.0 Å². The molecule has 0 bridgehead atoms. The van der Waals surface area contributed by atoms with Crippen molar-refractivity contribution in [3.8, 4) is 0 Å². The molecule has 20 heavy (non-hydrogen) atoms. The molecule has 0 N–H and O–H groups in total. The van der Waals surface area contributed by atoms with E-state index in [1.54, 1.807) is 7.57 Å². The third kappa shape index (κ3) is 3.20. The molecule has 1 saturated heterocycles. The van der Waals surface area contributed by atoms with E-state index in [4.69, 9.17) is 4.52 Å². The van der Waals surface area contributed by atoms with Crippen LogP contribution in [0, 0.1) is 0 Å². The molecule has 0 aliphatic carbocycles. The summed E-state index contributed by atoms with van der Waals surface area (Å²) in [5.41, 5.74) is 2.33. The highest BCUT2D eigenvalue weighted by atomic mass is 32.7. The van der Waals surface area contributed by atoms with Crippen molar-refractivity contribution < 1.29 is 9.09 Å². The van der Waals surface area contributed by atoms with Crippen molar-refractivity contribution in [3.63, 3.8) is 0 Å². The number of hydrogen-bond acceptors (Lipinski definition) is 3. The molecular weight excluding hydrogens is 286 g/mol. The van der Waals surface area contributed by atoms with E-state index in [1.807, 2.05) is 48.5 Å². The van der Waals surface area contributed by atoms with Gasteiger partial charge in [0.15, 0.2) is 0 Å². The van der Waals surface area contributed by atoms with Crippen LogP contribution in [0.15, 0.2) is 60.7 Å². The summed E-state index contributed by atoms with van der Waals surface area (Å²) in [5.74, 6) is 0. The minimum absolute atomic E-state index is 0.0847. The minimum Gasteiger partial charge on any atom is -0.320 e. The van der Waals surface area contributed by atoms with Crippen LogP contribution in [0.25, 0.3) is 0 Å². The molecule has 5 heteroatoms. The van der Waals surface area contributed by atoms with Crippen molar-refractivity contribution in [2.24, 2.45) is 0 Å². The first-order valence-electron chi connectivity index (χ1n) is 6.68. The first-order valence-corrected chi connectivity index (χ1v) is 10.2. The molecule has 102 valence electrons. The van der Waals surface area contributed by atoms with E-state index < -0.39 is 6.45 Å². The van der Waals surface area contributed by atoms with Crippen molar-refractivity contribution in [1.82, 2.24) is 0 Å². The third-order valence-corrected chi connectivity index (χ3v) is 7.32. The first-order chi connectivity index (χ1) is 9.64. The smallest absolute Gasteiger partial charge is 0.229 e. The summed E-state index contributed by atoms with van der Waals surface area (Å²) in [6, 6.07) is 20.3. The predicted octanol–water partition coefficient (Wildman–Crippen LogP) is 4.36. The molecule has 1 fully saturated rings. The largest absolute Gasteiger partial charge is 0.320 e. The maximum Gasteiger partial charge on any atom is 0.229 e. The normalized spacial score (nSPS) is 30.0. The van der Waals surface area contributed by atoms with Crippen LogP contribution in [0.3, 0.4) is 0 Å². The van der Waals surface area contributed by atoms with Crippen LogP contribution in [0.1, 0.15) is 28.9 Å². The average Bonchev–Trinajstić information content (AvgIpc) is 2.47. The average molecular weight is 302 g/mol. The molecule has 2 nitrogen and oxygen atoms in total. The molecule has 2 aromatic carbocycles. The molecule has 3 rings (SSSR count). The highest BCUT2D eigenvalue weighted by Crippen LogP contribution is 2.69. The van der Waals surface area contributed by atoms with E-state index in [2.05, 4.69) is 12.1 Å². The molecule has 1 aliphatic heterocycles. The Morgan fingerprint density at radius 2 is 1.55 bits per heavy atom. The maximum absolute atomic E-state index is 12.5. The summed E-state index contributed by atoms with van der Waals surface area (Å²) in [7, 11) is 1.72. The fraction of sp³-hybridized carbons (Fsp3) is 0.200. The SMILES string of the molecule is BP1(=O)OC(c2ccccc2)CC(c2ccccc2)S1. The van der Waals surface area contributed by atoms with Gasteiger partial charge in [-0.2, -0.15) is 0 Å². The van der Waals surface area contributed by atoms with Crippen molar-refractivity contribution in [1.29, 1.82) is 0 Å². The van der Waals surface area contributed by atoms with Crippen LogP contribution in [0.5, 0.6) is 0 Å². The highest BCUT2D eigenvalue weighted by molar-refractivity contribution is 8.63. The fourth-order valence-electron chi connectivity index (χ4n) is 2.50. The Kier molecular flexibility index (Phi) is 4.07. The topological polar surface area (TPSA) is 26.3 Å². The summed E-state index contributed by atoms with van der Waals surface area (Å²) in [6.07, 6.45) is -1.84. The molecule has 1 heterocycles. The molecule has 0 saturated carbocycles. The molecule has 0 radical (unpaired) electrons. The van der Waals surface area contributed by atoms with Gasteiger partial charge in [0.05, 0.1) is 6.10 Å². The fourth-order valence-corrected chi connectivity index (χ4v) is 6.69. The molecular formula is C15H16BO2PS. The number of hydrogen-bond donors (Lipinski definition) is 0. The first kappa shape index (κ1) is 14.0. The van der Waals surface area contributed by atoms with Crippen molar-refractivity contribution in [2.75, 3.05) is 0 Å². The zero-order valence-electron chi connectivity index (χ0n) is 11.3. The van der Waals surface area contributed by atoms with Gasteiger partial charge in [-0.15, -0.1) is 0 Å². The summed E-state index contributed by atoms with van der Waals surface area (Å²) in [4.78, 5) is 0. The summed E-state index contributed by atoms with van der Waals surface area (Å²) in [6.45, 7) is 0. The quantitative estimate of drug-likeness (QED) is 0.609. The van der Waals surface area contributed by atoms with E-state index in [1.165, 1.54) is 16.9 Å². The summed E-state index contributed by atoms with van der Waals surface area (Å²) < 4.78 is 18.4. The summed E-state index contributed by atoms with van der Waals surface area (Å²) in [5, 5.41) is 0.228. The van der Waals surface area contributed by atoms with E-state index >= 15 is 0 Å². The molecule has 0 amide bonds. The lowest BCUT2D eigenvalue weighted by Crippen LogP contribution is -2.12. The van der Waals surface area contributed by atoms with Crippen LogP contribution in [0.2, 0.25) is 0 Å². The standard InChI is InChI=1S/C15H16BO2PS/c16-19(17)18-14(12-7-3-1-4-8-12)11-15(20-19)13-9-5-2-6-10-13/h1-10,14-15H,11,16H2. The van der Waals surface area contributed by atoms with Gasteiger partial charge in [-0.25, -0.2) is 0 Å². The Morgan fingerprint density at radius 3 is 2.15 bits per heavy atom. The molecule has 0 spiro atoms. The van der Waals surface area contributed by atoms with Gasteiger partial charge in [-0.1, -0.05) is 72.0 Å². The zero-order valence-corrected chi connectivity index (χ0v) is 13.0. The lowest BCUT2D eigenvalue weighted by molar-refractivity contribution is 0.205. The lowest BCUT2D eigenvalue weighted by Gasteiger charge is -2.34. The molecule has 0 aromatic heterocycles. The van der Waals surface area contributed by atoms with Crippen molar-refractivity contribution in [2.45, 2.75) is 17.8 Å². The van der Waals surface area contributed by atoms with Gasteiger partial charge in [-0.05, 0) is 17.5 Å². The van der Waals surface area contributed by atoms with Gasteiger partial charge in [0, 0.05) is 5.25 Å². The van der Waals surface area contributed by atoms with E-state index in [-0.39, 0.29) is 11.4 Å². The monoisotopic (exact) mass is 302 g/mol. The van der Waals surface area contributed by atoms with Gasteiger partial charge in [0.25, 0.3) is 0 Å². The van der Waals surface area contributed by atoms with Crippen LogP contribution in [-0.2, 0) is 9.09 Å². The van der Waals surface area contributed by atoms with Crippen LogP contribution in [-0.4, -0.2) is 7.57 Å². The van der Waals surface area contributed by atoms with Gasteiger partial charge in [-0.3, -0.25) is 4.57 Å². The molecule has 1 aliphatic rings. The van der Waals surface area contributed by atoms with Crippen molar-refractivity contribution in [3.05, 3.63) is 71.8 Å². The highest BCUT2D eigenvalue weighted by Gasteiger charge is 2.35. The Morgan fingerprint density at radius 1 is 1.00 bits per heavy atom. The molecule has 2 aromatic rings. The molecule has 3 unspecified atom stereocenters. The van der Waals surface area contributed by atoms with E-state index in [0.29, 0.717) is 0 Å². The Hall–Kier alpha value is -0.955. The second kappa shape index (κ2) is 5.81. The third-order valence-electron chi connectivity index (χ3n) is 3.41. The maximum atomic E-state index is 12.5.